The molecule has 2 aromatic carbocycles. The first-order chi connectivity index (χ1) is 17.5. The molecule has 1 aliphatic rings. The van der Waals surface area contributed by atoms with Crippen molar-refractivity contribution in [1.82, 2.24) is 4.57 Å². The average Bonchev–Trinajstić information content (AvgIpc) is 3.12. The molecule has 1 aliphatic heterocycles. The van der Waals surface area contributed by atoms with Gasteiger partial charge in [0.25, 0.3) is 5.56 Å². The predicted octanol–water partition coefficient (Wildman–Crippen LogP) is 4.02. The highest BCUT2D eigenvalue weighted by molar-refractivity contribution is 7.07. The summed E-state index contributed by atoms with van der Waals surface area (Å²) in [4.78, 5) is 43.2. The molecule has 1 atom stereocenters. The van der Waals surface area contributed by atoms with Gasteiger partial charge in [0.1, 0.15) is 5.75 Å². The number of aromatic nitrogens is 1. The fourth-order valence-electron chi connectivity index (χ4n) is 4.22. The highest BCUT2D eigenvalue weighted by atomic mass is 32.1. The van der Waals surface area contributed by atoms with Crippen LogP contribution in [0.5, 0.6) is 5.75 Å². The molecule has 0 aliphatic carbocycles. The van der Waals surface area contributed by atoms with Gasteiger partial charge in [0, 0.05) is 6.92 Å². The molecule has 0 bridgehead atoms. The lowest BCUT2D eigenvalue weighted by atomic mass is 9.87. The van der Waals surface area contributed by atoms with Crippen molar-refractivity contribution in [3.8, 4) is 5.75 Å². The van der Waals surface area contributed by atoms with Crippen LogP contribution in [0.15, 0.2) is 69.6 Å². The van der Waals surface area contributed by atoms with E-state index in [2.05, 4.69) is 37.9 Å². The lowest BCUT2D eigenvalue weighted by Gasteiger charge is -2.24. The minimum atomic E-state index is -0.730. The summed E-state index contributed by atoms with van der Waals surface area (Å²) in [5.74, 6) is -0.579. The van der Waals surface area contributed by atoms with E-state index in [-0.39, 0.29) is 17.6 Å². The van der Waals surface area contributed by atoms with Crippen molar-refractivity contribution in [1.29, 1.82) is 0 Å². The molecule has 7 nitrogen and oxygen atoms in total. The van der Waals surface area contributed by atoms with Crippen LogP contribution in [0, 0.1) is 0 Å². The minimum absolute atomic E-state index is 0.0316. The van der Waals surface area contributed by atoms with Gasteiger partial charge in [-0.1, -0.05) is 68.5 Å². The topological polar surface area (TPSA) is 87.0 Å². The Kier molecular flexibility index (Phi) is 7.32. The molecule has 8 heteroatoms. The van der Waals surface area contributed by atoms with Crippen LogP contribution < -0.4 is 19.6 Å². The van der Waals surface area contributed by atoms with Crippen molar-refractivity contribution in [2.24, 2.45) is 4.99 Å². The molecule has 0 radical (unpaired) electrons. The van der Waals surface area contributed by atoms with E-state index < -0.39 is 18.0 Å². The van der Waals surface area contributed by atoms with Crippen molar-refractivity contribution >= 4 is 29.4 Å². The van der Waals surface area contributed by atoms with E-state index in [0.29, 0.717) is 31.9 Å². The standard InChI is InChI=1S/C29H30N2O5S/c1-7-35-27(34)24-17(2)30-28-31(25(24)20-10-14-22(15-11-20)36-18(3)32)26(33)23(37-28)16-19-8-12-21(13-9-19)29(4,5)6/h8-16,25H,7H2,1-6H3/b23-16+/t25-/m1/s1. The number of hydrogen-bond acceptors (Lipinski definition) is 7. The Balaban J connectivity index is 1.86. The van der Waals surface area contributed by atoms with Crippen LogP contribution in [-0.2, 0) is 19.7 Å². The second-order valence-corrected chi connectivity index (χ2v) is 10.8. The highest BCUT2D eigenvalue weighted by Crippen LogP contribution is 2.31. The van der Waals surface area contributed by atoms with Gasteiger partial charge in [-0.2, -0.15) is 0 Å². The van der Waals surface area contributed by atoms with E-state index in [1.165, 1.54) is 23.8 Å². The summed E-state index contributed by atoms with van der Waals surface area (Å²) in [5.41, 5.74) is 3.37. The molecule has 192 valence electrons. The molecule has 4 rings (SSSR count). The monoisotopic (exact) mass is 518 g/mol. The molecule has 0 saturated heterocycles. The molecule has 0 fully saturated rings. The first kappa shape index (κ1) is 26.3. The second-order valence-electron chi connectivity index (χ2n) is 9.84. The number of ether oxygens (including phenoxy) is 2. The Bertz CT molecular complexity index is 1550. The van der Waals surface area contributed by atoms with Crippen molar-refractivity contribution < 1.29 is 19.1 Å². The SMILES string of the molecule is CCOC(=O)C1=C(C)N=c2s/c(=C/c3ccc(C(C)(C)C)cc3)c(=O)n2[C@@H]1c1ccc(OC(C)=O)cc1. The summed E-state index contributed by atoms with van der Waals surface area (Å²) < 4.78 is 12.5. The molecule has 0 unspecified atom stereocenters. The zero-order chi connectivity index (χ0) is 26.9. The maximum atomic E-state index is 13.7. The number of thiazole rings is 1. The summed E-state index contributed by atoms with van der Waals surface area (Å²) in [6, 6.07) is 14.2. The number of esters is 2. The first-order valence-corrected chi connectivity index (χ1v) is 12.9. The zero-order valence-electron chi connectivity index (χ0n) is 21.8. The van der Waals surface area contributed by atoms with E-state index in [9.17, 15) is 14.4 Å². The van der Waals surface area contributed by atoms with E-state index in [4.69, 9.17) is 9.47 Å². The third-order valence-corrected chi connectivity index (χ3v) is 7.03. The maximum Gasteiger partial charge on any atom is 0.338 e. The van der Waals surface area contributed by atoms with Crippen LogP contribution in [0.25, 0.3) is 6.08 Å². The summed E-state index contributed by atoms with van der Waals surface area (Å²) >= 11 is 1.28. The summed E-state index contributed by atoms with van der Waals surface area (Å²) in [6.45, 7) is 11.5. The first-order valence-electron chi connectivity index (χ1n) is 12.1. The summed E-state index contributed by atoms with van der Waals surface area (Å²) in [6.07, 6.45) is 1.85. The fourth-order valence-corrected chi connectivity index (χ4v) is 5.27. The Hall–Kier alpha value is -3.78. The maximum absolute atomic E-state index is 13.7. The second kappa shape index (κ2) is 10.3. The van der Waals surface area contributed by atoms with Crippen molar-refractivity contribution in [2.75, 3.05) is 6.61 Å². The van der Waals surface area contributed by atoms with Gasteiger partial charge < -0.3 is 9.47 Å². The molecule has 0 N–H and O–H groups in total. The number of hydrogen-bond donors (Lipinski definition) is 0. The number of rotatable bonds is 5. The molecule has 2 heterocycles. The quantitative estimate of drug-likeness (QED) is 0.376. The van der Waals surface area contributed by atoms with Crippen LogP contribution in [-0.4, -0.2) is 23.1 Å². The smallest absolute Gasteiger partial charge is 0.338 e. The molecule has 1 aromatic heterocycles. The highest BCUT2D eigenvalue weighted by Gasteiger charge is 2.33. The number of fused-ring (bicyclic) bond motifs is 1. The van der Waals surface area contributed by atoms with E-state index >= 15 is 0 Å². The Morgan fingerprint density at radius 3 is 2.30 bits per heavy atom. The van der Waals surface area contributed by atoms with Crippen molar-refractivity contribution in [2.45, 2.75) is 53.0 Å². The van der Waals surface area contributed by atoms with E-state index in [0.717, 1.165) is 5.56 Å². The van der Waals surface area contributed by atoms with Gasteiger partial charge in [-0.3, -0.25) is 14.2 Å². The van der Waals surface area contributed by atoms with Gasteiger partial charge in [-0.25, -0.2) is 9.79 Å². The molecule has 0 saturated carbocycles. The molecule has 3 aromatic rings. The van der Waals surface area contributed by atoms with E-state index in [1.54, 1.807) is 42.7 Å². The van der Waals surface area contributed by atoms with Gasteiger partial charge >= 0.3 is 11.9 Å². The number of benzene rings is 2. The normalized spacial score (nSPS) is 15.7. The van der Waals surface area contributed by atoms with Crippen LogP contribution in [0.3, 0.4) is 0 Å². The van der Waals surface area contributed by atoms with Crippen LogP contribution in [0.2, 0.25) is 0 Å². The number of nitrogens with zero attached hydrogens (tertiary/aromatic N) is 2. The minimum Gasteiger partial charge on any atom is -0.463 e. The average molecular weight is 519 g/mol. The lowest BCUT2D eigenvalue weighted by Crippen LogP contribution is -2.39. The van der Waals surface area contributed by atoms with Gasteiger partial charge in [-0.15, -0.1) is 0 Å². The largest absolute Gasteiger partial charge is 0.463 e. The fraction of sp³-hybridized carbons (Fsp3) is 0.310. The van der Waals surface area contributed by atoms with Gasteiger partial charge in [0.15, 0.2) is 4.80 Å². The third kappa shape index (κ3) is 5.49. The molecular formula is C29H30N2O5S. The zero-order valence-corrected chi connectivity index (χ0v) is 22.6. The summed E-state index contributed by atoms with van der Waals surface area (Å²) in [5, 5.41) is 0. The van der Waals surface area contributed by atoms with Gasteiger partial charge in [0.2, 0.25) is 0 Å². The summed E-state index contributed by atoms with van der Waals surface area (Å²) in [7, 11) is 0. The van der Waals surface area contributed by atoms with Crippen molar-refractivity contribution in [3.05, 3.63) is 96.2 Å². The van der Waals surface area contributed by atoms with Gasteiger partial charge in [-0.05, 0) is 54.2 Å². The van der Waals surface area contributed by atoms with Gasteiger partial charge in [0.05, 0.1) is 28.5 Å². The number of carbonyl (C=O) groups is 2. The Morgan fingerprint density at radius 2 is 1.73 bits per heavy atom. The molecule has 37 heavy (non-hydrogen) atoms. The van der Waals surface area contributed by atoms with Crippen molar-refractivity contribution in [3.63, 3.8) is 0 Å². The number of allylic oxidation sites excluding steroid dienone is 1. The Morgan fingerprint density at radius 1 is 1.08 bits per heavy atom. The van der Waals surface area contributed by atoms with Crippen LogP contribution in [0.1, 0.15) is 64.3 Å². The molecular weight excluding hydrogens is 488 g/mol. The van der Waals surface area contributed by atoms with E-state index in [1.807, 2.05) is 18.2 Å². The van der Waals surface area contributed by atoms with Crippen LogP contribution >= 0.6 is 11.3 Å². The molecule has 0 spiro atoms. The van der Waals surface area contributed by atoms with Crippen LogP contribution in [0.4, 0.5) is 0 Å². The Labute approximate surface area is 219 Å². The third-order valence-electron chi connectivity index (χ3n) is 6.05. The predicted molar refractivity (Wildman–Crippen MR) is 143 cm³/mol. The number of carbonyl (C=O) groups excluding carboxylic acids is 2. The molecule has 0 amide bonds. The lowest BCUT2D eigenvalue weighted by molar-refractivity contribution is -0.139.